The van der Waals surface area contributed by atoms with Crippen molar-refractivity contribution >= 4 is 21.9 Å². The van der Waals surface area contributed by atoms with Crippen molar-refractivity contribution in [1.82, 2.24) is 9.55 Å². The number of hydrogen-bond acceptors (Lipinski definition) is 4. The second-order valence-electron chi connectivity index (χ2n) is 6.09. The molecular weight excluding hydrogens is 408 g/mol. The minimum atomic E-state index is -0.419. The Morgan fingerprint density at radius 3 is 2.44 bits per heavy atom. The summed E-state index contributed by atoms with van der Waals surface area (Å²) in [7, 11) is 1.63. The molecule has 0 saturated carbocycles. The van der Waals surface area contributed by atoms with Crippen molar-refractivity contribution in [2.75, 3.05) is 13.7 Å². The quantitative estimate of drug-likeness (QED) is 0.530. The second kappa shape index (κ2) is 7.96. The fourth-order valence-electron chi connectivity index (χ4n) is 2.92. The molecule has 0 amide bonds. The highest BCUT2D eigenvalue weighted by Gasteiger charge is 2.22. The average Bonchev–Trinajstić information content (AvgIpc) is 3.01. The third-order valence-electron chi connectivity index (χ3n) is 4.32. The van der Waals surface area contributed by atoms with Crippen molar-refractivity contribution in [3.8, 4) is 22.8 Å². The molecule has 140 valence electrons. The first kappa shape index (κ1) is 19.2. The zero-order chi connectivity index (χ0) is 19.6. The number of aromatic nitrogens is 2. The van der Waals surface area contributed by atoms with Gasteiger partial charge in [-0.05, 0) is 62.7 Å². The van der Waals surface area contributed by atoms with Crippen molar-refractivity contribution in [2.45, 2.75) is 20.8 Å². The monoisotopic (exact) mass is 428 g/mol. The van der Waals surface area contributed by atoms with Crippen LogP contribution in [0.1, 0.15) is 28.7 Å². The number of ether oxygens (including phenoxy) is 2. The van der Waals surface area contributed by atoms with Crippen LogP contribution in [0.3, 0.4) is 0 Å². The fourth-order valence-corrected chi connectivity index (χ4v) is 3.17. The highest BCUT2D eigenvalue weighted by atomic mass is 79.9. The summed E-state index contributed by atoms with van der Waals surface area (Å²) >= 11 is 3.53. The van der Waals surface area contributed by atoms with Gasteiger partial charge in [-0.25, -0.2) is 9.78 Å². The van der Waals surface area contributed by atoms with Gasteiger partial charge in [-0.2, -0.15) is 0 Å². The molecule has 2 aromatic carbocycles. The molecule has 27 heavy (non-hydrogen) atoms. The number of benzene rings is 2. The van der Waals surface area contributed by atoms with Crippen LogP contribution in [0.4, 0.5) is 0 Å². The molecule has 1 heterocycles. The van der Waals surface area contributed by atoms with Gasteiger partial charge in [0.15, 0.2) is 5.69 Å². The standard InChI is InChI=1S/C21H21BrN2O3/c1-5-27-21(25)19-14(3)24(16-7-9-17(26-4)10-8-16)20(23-19)15-6-11-18(22)13(2)12-15/h6-12H,5H2,1-4H3. The molecule has 0 radical (unpaired) electrons. The van der Waals surface area contributed by atoms with Gasteiger partial charge in [0.2, 0.25) is 0 Å². The first-order valence-corrected chi connectivity index (χ1v) is 9.43. The Morgan fingerprint density at radius 1 is 1.15 bits per heavy atom. The summed E-state index contributed by atoms with van der Waals surface area (Å²) in [6.07, 6.45) is 0. The van der Waals surface area contributed by atoms with Crippen LogP contribution < -0.4 is 4.74 Å². The zero-order valence-corrected chi connectivity index (χ0v) is 17.3. The number of carbonyl (C=O) groups is 1. The maximum absolute atomic E-state index is 12.4. The van der Waals surface area contributed by atoms with Crippen LogP contribution in [-0.4, -0.2) is 29.2 Å². The Kier molecular flexibility index (Phi) is 5.65. The van der Waals surface area contributed by atoms with Crippen LogP contribution in [0.5, 0.6) is 5.75 Å². The lowest BCUT2D eigenvalue weighted by molar-refractivity contribution is 0.0519. The lowest BCUT2D eigenvalue weighted by Gasteiger charge is -2.12. The molecule has 0 unspecified atom stereocenters. The predicted molar refractivity (Wildman–Crippen MR) is 109 cm³/mol. The van der Waals surface area contributed by atoms with Crippen molar-refractivity contribution < 1.29 is 14.3 Å². The van der Waals surface area contributed by atoms with Crippen LogP contribution in [-0.2, 0) is 4.74 Å². The van der Waals surface area contributed by atoms with Crippen molar-refractivity contribution in [2.24, 2.45) is 0 Å². The minimum absolute atomic E-state index is 0.306. The molecule has 0 aliphatic carbocycles. The number of nitrogens with zero attached hydrogens (tertiary/aromatic N) is 2. The molecule has 0 saturated heterocycles. The first-order chi connectivity index (χ1) is 13.0. The number of carbonyl (C=O) groups excluding carboxylic acids is 1. The van der Waals surface area contributed by atoms with E-state index in [2.05, 4.69) is 20.9 Å². The topological polar surface area (TPSA) is 53.3 Å². The Bertz CT molecular complexity index is 978. The average molecular weight is 429 g/mol. The summed E-state index contributed by atoms with van der Waals surface area (Å²) in [5, 5.41) is 0. The van der Waals surface area contributed by atoms with E-state index in [1.54, 1.807) is 14.0 Å². The maximum Gasteiger partial charge on any atom is 0.358 e. The van der Waals surface area contributed by atoms with Crippen LogP contribution in [0.2, 0.25) is 0 Å². The molecule has 0 aliphatic heterocycles. The molecule has 0 atom stereocenters. The molecule has 6 heteroatoms. The summed E-state index contributed by atoms with van der Waals surface area (Å²) in [6, 6.07) is 13.7. The van der Waals surface area contributed by atoms with Gasteiger partial charge in [-0.15, -0.1) is 0 Å². The first-order valence-electron chi connectivity index (χ1n) is 8.63. The number of methoxy groups -OCH3 is 1. The van der Waals surface area contributed by atoms with Crippen molar-refractivity contribution in [3.63, 3.8) is 0 Å². The molecule has 3 aromatic rings. The lowest BCUT2D eigenvalue weighted by atomic mass is 10.1. The number of halogens is 1. The zero-order valence-electron chi connectivity index (χ0n) is 15.7. The van der Waals surface area contributed by atoms with E-state index in [0.717, 1.165) is 32.7 Å². The Hall–Kier alpha value is -2.60. The van der Waals surface area contributed by atoms with Crippen LogP contribution in [0, 0.1) is 13.8 Å². The highest BCUT2D eigenvalue weighted by molar-refractivity contribution is 9.10. The molecule has 5 nitrogen and oxygen atoms in total. The number of esters is 1. The Morgan fingerprint density at radius 2 is 1.85 bits per heavy atom. The summed E-state index contributed by atoms with van der Waals surface area (Å²) in [5.41, 5.74) is 3.96. The van der Waals surface area contributed by atoms with Crippen LogP contribution in [0.25, 0.3) is 17.1 Å². The smallest absolute Gasteiger partial charge is 0.358 e. The molecular formula is C21H21BrN2O3. The normalized spacial score (nSPS) is 10.7. The number of imidazole rings is 1. The molecule has 1 aromatic heterocycles. The number of rotatable bonds is 5. The van der Waals surface area contributed by atoms with Crippen LogP contribution in [0.15, 0.2) is 46.9 Å². The van der Waals surface area contributed by atoms with E-state index < -0.39 is 5.97 Å². The minimum Gasteiger partial charge on any atom is -0.497 e. The number of aryl methyl sites for hydroxylation is 1. The van der Waals surface area contributed by atoms with Crippen molar-refractivity contribution in [1.29, 1.82) is 0 Å². The number of hydrogen-bond donors (Lipinski definition) is 0. The third-order valence-corrected chi connectivity index (χ3v) is 5.21. The van der Waals surface area contributed by atoms with Gasteiger partial charge in [0.1, 0.15) is 11.6 Å². The molecule has 0 fully saturated rings. The van der Waals surface area contributed by atoms with Crippen molar-refractivity contribution in [3.05, 3.63) is 63.9 Å². The SMILES string of the molecule is CCOC(=O)c1nc(-c2ccc(Br)c(C)c2)n(-c2ccc(OC)cc2)c1C. The van der Waals surface area contributed by atoms with E-state index in [1.165, 1.54) is 0 Å². The molecule has 3 rings (SSSR count). The van der Waals surface area contributed by atoms with Gasteiger partial charge in [0.05, 0.1) is 19.4 Å². The lowest BCUT2D eigenvalue weighted by Crippen LogP contribution is -2.07. The third kappa shape index (κ3) is 3.76. The second-order valence-corrected chi connectivity index (χ2v) is 6.94. The molecule has 0 aliphatic rings. The summed E-state index contributed by atoms with van der Waals surface area (Å²) in [5.74, 6) is 1.04. The van der Waals surface area contributed by atoms with E-state index in [9.17, 15) is 4.79 Å². The van der Waals surface area contributed by atoms with Gasteiger partial charge in [-0.3, -0.25) is 4.57 Å². The highest BCUT2D eigenvalue weighted by Crippen LogP contribution is 2.30. The fraction of sp³-hybridized carbons (Fsp3) is 0.238. The summed E-state index contributed by atoms with van der Waals surface area (Å²) < 4.78 is 13.4. The van der Waals surface area contributed by atoms with Gasteiger partial charge < -0.3 is 9.47 Å². The van der Waals surface area contributed by atoms with E-state index in [1.807, 2.05) is 60.9 Å². The predicted octanol–water partition coefficient (Wildman–Crippen LogP) is 5.10. The van der Waals surface area contributed by atoms with Gasteiger partial charge in [0, 0.05) is 15.7 Å². The molecule has 0 N–H and O–H groups in total. The Balaban J connectivity index is 2.21. The molecule has 0 bridgehead atoms. The van der Waals surface area contributed by atoms with Gasteiger partial charge in [0.25, 0.3) is 0 Å². The van der Waals surface area contributed by atoms with Gasteiger partial charge >= 0.3 is 5.97 Å². The van der Waals surface area contributed by atoms with Crippen LogP contribution >= 0.6 is 15.9 Å². The summed E-state index contributed by atoms with van der Waals surface area (Å²) in [6.45, 7) is 5.99. The van der Waals surface area contributed by atoms with Gasteiger partial charge in [-0.1, -0.05) is 22.0 Å². The Labute approximate surface area is 167 Å². The van der Waals surface area contributed by atoms with E-state index in [4.69, 9.17) is 9.47 Å². The maximum atomic E-state index is 12.4. The summed E-state index contributed by atoms with van der Waals surface area (Å²) in [4.78, 5) is 17.0. The largest absolute Gasteiger partial charge is 0.497 e. The van der Waals surface area contributed by atoms with E-state index >= 15 is 0 Å². The van der Waals surface area contributed by atoms with E-state index in [0.29, 0.717) is 18.1 Å². The van der Waals surface area contributed by atoms with E-state index in [-0.39, 0.29) is 0 Å². The molecule has 0 spiro atoms.